The Morgan fingerprint density at radius 1 is 0.667 bits per heavy atom. The van der Waals surface area contributed by atoms with Gasteiger partial charge in [-0.2, -0.15) is 10.5 Å². The van der Waals surface area contributed by atoms with Crippen molar-refractivity contribution in [3.63, 3.8) is 0 Å². The normalized spacial score (nSPS) is 10.1. The third-order valence-electron chi connectivity index (χ3n) is 2.69. The Morgan fingerprint density at radius 2 is 1.11 bits per heavy atom. The highest BCUT2D eigenvalue weighted by Crippen LogP contribution is 2.18. The summed E-state index contributed by atoms with van der Waals surface area (Å²) in [5.74, 6) is 0. The fraction of sp³-hybridized carbons (Fsp3) is 0. The molecule has 3 rings (SSSR count). The zero-order chi connectivity index (χ0) is 12.5. The molecular weight excluding hydrogens is 224 g/mol. The standard InChI is InChI=1S/C14H6N4/c15-7-9-1-3-11-13(5-9)18-12-4-2-10(8-16)6-14(12)17-11/h1-6H. The van der Waals surface area contributed by atoms with E-state index >= 15 is 0 Å². The minimum absolute atomic E-state index is 0.560. The van der Waals surface area contributed by atoms with Crippen molar-refractivity contribution < 1.29 is 0 Å². The van der Waals surface area contributed by atoms with Crippen LogP contribution in [0.5, 0.6) is 0 Å². The van der Waals surface area contributed by atoms with Gasteiger partial charge in [-0.25, -0.2) is 9.97 Å². The van der Waals surface area contributed by atoms with E-state index in [9.17, 15) is 0 Å². The van der Waals surface area contributed by atoms with Gasteiger partial charge in [-0.15, -0.1) is 0 Å². The molecule has 0 bridgehead atoms. The molecule has 0 saturated heterocycles. The second-order valence-corrected chi connectivity index (χ2v) is 3.85. The smallest absolute Gasteiger partial charge is 0.0992 e. The van der Waals surface area contributed by atoms with Crippen LogP contribution in [0.3, 0.4) is 0 Å². The van der Waals surface area contributed by atoms with Crippen LogP contribution >= 0.6 is 0 Å². The maximum Gasteiger partial charge on any atom is 0.0992 e. The molecule has 0 fully saturated rings. The number of hydrogen-bond donors (Lipinski definition) is 0. The van der Waals surface area contributed by atoms with E-state index < -0.39 is 0 Å². The lowest BCUT2D eigenvalue weighted by molar-refractivity contribution is 1.38. The molecule has 0 atom stereocenters. The van der Waals surface area contributed by atoms with Gasteiger partial charge < -0.3 is 0 Å². The Hall–Kier alpha value is -2.98. The summed E-state index contributed by atoms with van der Waals surface area (Å²) < 4.78 is 0. The van der Waals surface area contributed by atoms with Gasteiger partial charge >= 0.3 is 0 Å². The van der Waals surface area contributed by atoms with Gasteiger partial charge in [0.25, 0.3) is 0 Å². The van der Waals surface area contributed by atoms with Crippen LogP contribution in [-0.4, -0.2) is 9.97 Å². The van der Waals surface area contributed by atoms with Crippen molar-refractivity contribution in [2.75, 3.05) is 0 Å². The summed E-state index contributed by atoms with van der Waals surface area (Å²) in [6.45, 7) is 0. The van der Waals surface area contributed by atoms with Gasteiger partial charge in [-0.1, -0.05) is 0 Å². The number of rotatable bonds is 0. The first-order valence-corrected chi connectivity index (χ1v) is 5.32. The molecule has 0 aliphatic rings. The van der Waals surface area contributed by atoms with E-state index in [-0.39, 0.29) is 0 Å². The molecule has 0 saturated carbocycles. The molecule has 18 heavy (non-hydrogen) atoms. The second kappa shape index (κ2) is 3.80. The average molecular weight is 230 g/mol. The number of nitriles is 2. The number of benzene rings is 2. The summed E-state index contributed by atoms with van der Waals surface area (Å²) in [5, 5.41) is 17.7. The summed E-state index contributed by atoms with van der Waals surface area (Å²) in [6, 6.07) is 14.5. The molecule has 1 heterocycles. The van der Waals surface area contributed by atoms with Gasteiger partial charge in [0.15, 0.2) is 0 Å². The minimum Gasteiger partial charge on any atom is -0.244 e. The molecule has 3 aromatic rings. The van der Waals surface area contributed by atoms with Crippen LogP contribution in [0.2, 0.25) is 0 Å². The molecule has 82 valence electrons. The molecule has 0 unspecified atom stereocenters. The van der Waals surface area contributed by atoms with E-state index in [1.54, 1.807) is 36.4 Å². The van der Waals surface area contributed by atoms with Crippen LogP contribution in [0.15, 0.2) is 36.4 Å². The average Bonchev–Trinajstić information content (AvgIpc) is 2.43. The lowest BCUT2D eigenvalue weighted by Gasteiger charge is -2.01. The van der Waals surface area contributed by atoms with Gasteiger partial charge in [0.1, 0.15) is 0 Å². The van der Waals surface area contributed by atoms with Gasteiger partial charge in [-0.3, -0.25) is 0 Å². The van der Waals surface area contributed by atoms with Crippen molar-refractivity contribution in [3.05, 3.63) is 47.5 Å². The largest absolute Gasteiger partial charge is 0.244 e. The zero-order valence-corrected chi connectivity index (χ0v) is 9.25. The Bertz CT molecular complexity index is 780. The first kappa shape index (κ1) is 10.2. The monoisotopic (exact) mass is 230 g/mol. The zero-order valence-electron chi connectivity index (χ0n) is 9.25. The molecular formula is C14H6N4. The van der Waals surface area contributed by atoms with E-state index in [0.717, 1.165) is 11.0 Å². The fourth-order valence-corrected chi connectivity index (χ4v) is 1.81. The Kier molecular flexibility index (Phi) is 2.15. The molecule has 0 amide bonds. The Morgan fingerprint density at radius 3 is 1.50 bits per heavy atom. The van der Waals surface area contributed by atoms with Crippen molar-refractivity contribution in [1.82, 2.24) is 9.97 Å². The van der Waals surface area contributed by atoms with Gasteiger partial charge in [0, 0.05) is 0 Å². The highest BCUT2D eigenvalue weighted by molar-refractivity contribution is 5.87. The minimum atomic E-state index is 0.560. The first-order chi connectivity index (χ1) is 8.80. The summed E-state index contributed by atoms with van der Waals surface area (Å²) in [5.41, 5.74) is 3.93. The SMILES string of the molecule is N#Cc1ccc2nc3cc(C#N)ccc3nc2c1. The molecule has 2 aromatic carbocycles. The molecule has 0 N–H and O–H groups in total. The van der Waals surface area contributed by atoms with Crippen LogP contribution in [0.25, 0.3) is 22.1 Å². The third-order valence-corrected chi connectivity index (χ3v) is 2.69. The van der Waals surface area contributed by atoms with Crippen molar-refractivity contribution in [3.8, 4) is 12.1 Å². The van der Waals surface area contributed by atoms with E-state index in [2.05, 4.69) is 22.1 Å². The summed E-state index contributed by atoms with van der Waals surface area (Å²) in [7, 11) is 0. The lowest BCUT2D eigenvalue weighted by Crippen LogP contribution is -1.89. The van der Waals surface area contributed by atoms with Crippen LogP contribution in [0.4, 0.5) is 0 Å². The number of aromatic nitrogens is 2. The Balaban J connectivity index is 2.37. The van der Waals surface area contributed by atoms with Crippen LogP contribution in [-0.2, 0) is 0 Å². The van der Waals surface area contributed by atoms with E-state index in [0.29, 0.717) is 22.2 Å². The Labute approximate surface area is 103 Å². The molecule has 4 heteroatoms. The number of fused-ring (bicyclic) bond motifs is 2. The molecule has 4 nitrogen and oxygen atoms in total. The van der Waals surface area contributed by atoms with Crippen molar-refractivity contribution in [1.29, 1.82) is 10.5 Å². The van der Waals surface area contributed by atoms with Crippen molar-refractivity contribution in [2.45, 2.75) is 0 Å². The quantitative estimate of drug-likeness (QED) is 0.556. The van der Waals surface area contributed by atoms with Crippen LogP contribution < -0.4 is 0 Å². The number of hydrogen-bond acceptors (Lipinski definition) is 4. The molecule has 1 aromatic heterocycles. The summed E-state index contributed by atoms with van der Waals surface area (Å²) >= 11 is 0. The third kappa shape index (κ3) is 1.53. The highest BCUT2D eigenvalue weighted by Gasteiger charge is 2.03. The van der Waals surface area contributed by atoms with Crippen molar-refractivity contribution >= 4 is 22.1 Å². The van der Waals surface area contributed by atoms with Crippen molar-refractivity contribution in [2.24, 2.45) is 0 Å². The van der Waals surface area contributed by atoms with Gasteiger partial charge in [0.2, 0.25) is 0 Å². The maximum atomic E-state index is 8.84. The van der Waals surface area contributed by atoms with E-state index in [1.807, 2.05) is 0 Å². The second-order valence-electron chi connectivity index (χ2n) is 3.85. The van der Waals surface area contributed by atoms with Crippen LogP contribution in [0.1, 0.15) is 11.1 Å². The first-order valence-electron chi connectivity index (χ1n) is 5.32. The van der Waals surface area contributed by atoms with Crippen LogP contribution in [0, 0.1) is 22.7 Å². The molecule has 0 aliphatic heterocycles. The van der Waals surface area contributed by atoms with E-state index in [4.69, 9.17) is 10.5 Å². The lowest BCUT2D eigenvalue weighted by atomic mass is 10.1. The summed E-state index contributed by atoms with van der Waals surface area (Å²) in [4.78, 5) is 8.88. The maximum absolute atomic E-state index is 8.84. The molecule has 0 radical (unpaired) electrons. The van der Waals surface area contributed by atoms with E-state index in [1.165, 1.54) is 0 Å². The van der Waals surface area contributed by atoms with Gasteiger partial charge in [-0.05, 0) is 36.4 Å². The predicted octanol–water partition coefficient (Wildman–Crippen LogP) is 2.53. The topological polar surface area (TPSA) is 73.4 Å². The molecule has 0 spiro atoms. The predicted molar refractivity (Wildman–Crippen MR) is 66.5 cm³/mol. The van der Waals surface area contributed by atoms with Gasteiger partial charge in [0.05, 0.1) is 45.3 Å². The highest BCUT2D eigenvalue weighted by atomic mass is 14.8. The summed E-state index contributed by atoms with van der Waals surface area (Å²) in [6.07, 6.45) is 0. The fourth-order valence-electron chi connectivity index (χ4n) is 1.81. The number of nitrogens with zero attached hydrogens (tertiary/aromatic N) is 4. The molecule has 0 aliphatic carbocycles.